The van der Waals surface area contributed by atoms with Gasteiger partial charge in [0.15, 0.2) is 0 Å². The van der Waals surface area contributed by atoms with Crippen molar-refractivity contribution in [1.82, 2.24) is 0 Å². The Hall–Kier alpha value is -0.890. The Balaban J connectivity index is 2.20. The van der Waals surface area contributed by atoms with Crippen LogP contribution in [0.1, 0.15) is 33.1 Å². The average molecular weight is 253 g/mol. The maximum atomic E-state index is 6.38. The van der Waals surface area contributed by atoms with Crippen LogP contribution in [0.25, 0.3) is 0 Å². The molecule has 17 heavy (non-hydrogen) atoms. The van der Waals surface area contributed by atoms with Crippen molar-refractivity contribution in [2.75, 3.05) is 23.3 Å². The van der Waals surface area contributed by atoms with E-state index in [0.29, 0.717) is 6.04 Å². The second-order valence-electron chi connectivity index (χ2n) is 4.73. The highest BCUT2D eigenvalue weighted by Gasteiger charge is 2.20. The lowest BCUT2D eigenvalue weighted by molar-refractivity contribution is 0.485. The fourth-order valence-corrected chi connectivity index (χ4v) is 2.80. The van der Waals surface area contributed by atoms with E-state index in [0.717, 1.165) is 23.8 Å². The molecule has 2 rings (SSSR count). The van der Waals surface area contributed by atoms with Crippen LogP contribution in [0.5, 0.6) is 0 Å². The lowest BCUT2D eigenvalue weighted by Gasteiger charge is -2.36. The van der Waals surface area contributed by atoms with E-state index >= 15 is 0 Å². The van der Waals surface area contributed by atoms with Gasteiger partial charge >= 0.3 is 0 Å². The third-order valence-electron chi connectivity index (χ3n) is 3.44. The first-order valence-corrected chi connectivity index (χ1v) is 6.90. The SMILES string of the molecule is CCNc1ccc(N2CCCCC2C)c(Cl)c1. The van der Waals surface area contributed by atoms with Crippen LogP contribution in [0, 0.1) is 0 Å². The number of halogens is 1. The van der Waals surface area contributed by atoms with Crippen molar-refractivity contribution >= 4 is 23.0 Å². The van der Waals surface area contributed by atoms with Crippen molar-refractivity contribution in [3.63, 3.8) is 0 Å². The third-order valence-corrected chi connectivity index (χ3v) is 3.74. The Labute approximate surface area is 109 Å². The van der Waals surface area contributed by atoms with Crippen molar-refractivity contribution in [1.29, 1.82) is 0 Å². The van der Waals surface area contributed by atoms with Crippen LogP contribution in [0.15, 0.2) is 18.2 Å². The summed E-state index contributed by atoms with van der Waals surface area (Å²) in [6, 6.07) is 6.89. The highest BCUT2D eigenvalue weighted by Crippen LogP contribution is 2.32. The van der Waals surface area contributed by atoms with Crippen molar-refractivity contribution in [3.8, 4) is 0 Å². The van der Waals surface area contributed by atoms with E-state index in [1.54, 1.807) is 0 Å². The van der Waals surface area contributed by atoms with Crippen molar-refractivity contribution in [2.24, 2.45) is 0 Å². The molecule has 1 fully saturated rings. The van der Waals surface area contributed by atoms with E-state index in [2.05, 4.69) is 36.2 Å². The number of anilines is 2. The van der Waals surface area contributed by atoms with Gasteiger partial charge in [0.1, 0.15) is 0 Å². The van der Waals surface area contributed by atoms with Crippen LogP contribution in [0.3, 0.4) is 0 Å². The molecule has 1 heterocycles. The monoisotopic (exact) mass is 252 g/mol. The maximum absolute atomic E-state index is 6.38. The number of rotatable bonds is 3. The first-order valence-electron chi connectivity index (χ1n) is 6.52. The quantitative estimate of drug-likeness (QED) is 0.869. The van der Waals surface area contributed by atoms with Crippen LogP contribution >= 0.6 is 11.6 Å². The Morgan fingerprint density at radius 3 is 2.88 bits per heavy atom. The van der Waals surface area contributed by atoms with Crippen LogP contribution in [-0.4, -0.2) is 19.1 Å². The standard InChI is InChI=1S/C14H21ClN2/c1-3-16-12-7-8-14(13(15)10-12)17-9-5-4-6-11(17)2/h7-8,10-11,16H,3-6,9H2,1-2H3. The topological polar surface area (TPSA) is 15.3 Å². The fraction of sp³-hybridized carbons (Fsp3) is 0.571. The lowest BCUT2D eigenvalue weighted by atomic mass is 10.0. The Bertz CT molecular complexity index is 378. The van der Waals surface area contributed by atoms with Gasteiger partial charge in [-0.05, 0) is 51.3 Å². The lowest BCUT2D eigenvalue weighted by Crippen LogP contribution is -2.37. The molecule has 0 radical (unpaired) electrons. The number of nitrogens with one attached hydrogen (secondary N) is 1. The minimum absolute atomic E-state index is 0.603. The maximum Gasteiger partial charge on any atom is 0.0660 e. The van der Waals surface area contributed by atoms with Gasteiger partial charge in [-0.2, -0.15) is 0 Å². The highest BCUT2D eigenvalue weighted by atomic mass is 35.5. The smallest absolute Gasteiger partial charge is 0.0660 e. The van der Waals surface area contributed by atoms with Crippen LogP contribution in [-0.2, 0) is 0 Å². The summed E-state index contributed by atoms with van der Waals surface area (Å²) in [5, 5.41) is 4.15. The summed E-state index contributed by atoms with van der Waals surface area (Å²) >= 11 is 6.38. The van der Waals surface area contributed by atoms with E-state index in [1.165, 1.54) is 24.9 Å². The second-order valence-corrected chi connectivity index (χ2v) is 5.14. The van der Waals surface area contributed by atoms with Crippen LogP contribution in [0.2, 0.25) is 5.02 Å². The zero-order chi connectivity index (χ0) is 12.3. The molecule has 1 saturated heterocycles. The molecule has 0 amide bonds. The van der Waals surface area contributed by atoms with Gasteiger partial charge in [0.2, 0.25) is 0 Å². The van der Waals surface area contributed by atoms with Crippen molar-refractivity contribution in [3.05, 3.63) is 23.2 Å². The summed E-state index contributed by atoms with van der Waals surface area (Å²) in [5.41, 5.74) is 2.28. The van der Waals surface area contributed by atoms with E-state index in [-0.39, 0.29) is 0 Å². The van der Waals surface area contributed by atoms with E-state index < -0.39 is 0 Å². The molecule has 1 aromatic carbocycles. The molecule has 1 aliphatic rings. The summed E-state index contributed by atoms with van der Waals surface area (Å²) in [6.45, 7) is 6.43. The molecule has 1 aromatic rings. The van der Waals surface area contributed by atoms with Gasteiger partial charge in [0.05, 0.1) is 10.7 Å². The fourth-order valence-electron chi connectivity index (χ4n) is 2.51. The summed E-state index contributed by atoms with van der Waals surface area (Å²) < 4.78 is 0. The first kappa shape index (κ1) is 12.6. The third kappa shape index (κ3) is 2.86. The van der Waals surface area contributed by atoms with Gasteiger partial charge in [0, 0.05) is 24.8 Å². The number of nitrogens with zero attached hydrogens (tertiary/aromatic N) is 1. The second kappa shape index (κ2) is 5.63. The Morgan fingerprint density at radius 1 is 1.41 bits per heavy atom. The molecule has 0 saturated carbocycles. The van der Waals surface area contributed by atoms with Crippen LogP contribution < -0.4 is 10.2 Å². The molecule has 1 N–H and O–H groups in total. The Kier molecular flexibility index (Phi) is 4.16. The van der Waals surface area contributed by atoms with Crippen LogP contribution in [0.4, 0.5) is 11.4 Å². The molecular formula is C14H21ClN2. The highest BCUT2D eigenvalue weighted by molar-refractivity contribution is 6.33. The summed E-state index contributed by atoms with van der Waals surface area (Å²) in [4.78, 5) is 2.43. The van der Waals surface area contributed by atoms with Crippen molar-refractivity contribution < 1.29 is 0 Å². The largest absolute Gasteiger partial charge is 0.385 e. The molecule has 0 spiro atoms. The van der Waals surface area contributed by atoms with E-state index in [4.69, 9.17) is 11.6 Å². The summed E-state index contributed by atoms with van der Waals surface area (Å²) in [6.07, 6.45) is 3.88. The van der Waals surface area contributed by atoms with Gasteiger partial charge in [-0.25, -0.2) is 0 Å². The van der Waals surface area contributed by atoms with Gasteiger partial charge < -0.3 is 10.2 Å². The van der Waals surface area contributed by atoms with Gasteiger partial charge in [-0.3, -0.25) is 0 Å². The van der Waals surface area contributed by atoms with Gasteiger partial charge in [0.25, 0.3) is 0 Å². The minimum Gasteiger partial charge on any atom is -0.385 e. The zero-order valence-electron chi connectivity index (χ0n) is 10.7. The van der Waals surface area contributed by atoms with Gasteiger partial charge in [-0.1, -0.05) is 11.6 Å². The van der Waals surface area contributed by atoms with E-state index in [9.17, 15) is 0 Å². The predicted octanol–water partition coefficient (Wildman–Crippen LogP) is 4.15. The molecule has 94 valence electrons. The molecule has 0 aliphatic carbocycles. The molecular weight excluding hydrogens is 232 g/mol. The number of benzene rings is 1. The predicted molar refractivity (Wildman–Crippen MR) is 76.3 cm³/mol. The normalized spacial score (nSPS) is 20.4. The molecule has 3 heteroatoms. The zero-order valence-corrected chi connectivity index (χ0v) is 11.4. The minimum atomic E-state index is 0.603. The number of hydrogen-bond donors (Lipinski definition) is 1. The summed E-state index contributed by atoms with van der Waals surface area (Å²) in [7, 11) is 0. The number of hydrogen-bond acceptors (Lipinski definition) is 2. The van der Waals surface area contributed by atoms with Crippen molar-refractivity contribution in [2.45, 2.75) is 39.2 Å². The summed E-state index contributed by atoms with van der Waals surface area (Å²) in [5.74, 6) is 0. The molecule has 2 nitrogen and oxygen atoms in total. The van der Waals surface area contributed by atoms with E-state index in [1.807, 2.05) is 6.07 Å². The number of piperidine rings is 1. The molecule has 1 atom stereocenters. The molecule has 0 aromatic heterocycles. The average Bonchev–Trinajstić information content (AvgIpc) is 2.31. The molecule has 1 unspecified atom stereocenters. The Morgan fingerprint density at radius 2 is 2.24 bits per heavy atom. The first-order chi connectivity index (χ1) is 8.22. The molecule has 1 aliphatic heterocycles. The van der Waals surface area contributed by atoms with Gasteiger partial charge in [-0.15, -0.1) is 0 Å². The molecule has 0 bridgehead atoms.